The average molecular weight is 357 g/mol. The minimum absolute atomic E-state index is 0.327. The number of hydrogen-bond acceptors (Lipinski definition) is 7. The SMILES string of the molecule is CCN1CCCN(COC=O)CCC(C(C)C)N(COC=O)CCC1. The molecular weight excluding hydrogens is 322 g/mol. The lowest BCUT2D eigenvalue weighted by Crippen LogP contribution is -2.45. The third kappa shape index (κ3) is 8.65. The zero-order valence-corrected chi connectivity index (χ0v) is 16.1. The van der Waals surface area contributed by atoms with Gasteiger partial charge in [-0.2, -0.15) is 0 Å². The molecule has 0 aromatic heterocycles. The van der Waals surface area contributed by atoms with E-state index in [4.69, 9.17) is 9.47 Å². The zero-order chi connectivity index (χ0) is 18.5. The van der Waals surface area contributed by atoms with Gasteiger partial charge in [0.1, 0.15) is 13.5 Å². The highest BCUT2D eigenvalue weighted by Crippen LogP contribution is 2.17. The Kier molecular flexibility index (Phi) is 11.4. The van der Waals surface area contributed by atoms with E-state index in [1.807, 2.05) is 0 Å². The maximum atomic E-state index is 10.7. The van der Waals surface area contributed by atoms with Gasteiger partial charge >= 0.3 is 0 Å². The predicted octanol–water partition coefficient (Wildman–Crippen LogP) is 1.38. The fourth-order valence-corrected chi connectivity index (χ4v) is 3.52. The van der Waals surface area contributed by atoms with E-state index in [1.54, 1.807) is 0 Å². The molecule has 0 radical (unpaired) electrons. The Balaban J connectivity index is 2.81. The summed E-state index contributed by atoms with van der Waals surface area (Å²) in [5, 5.41) is 0. The molecule has 1 rings (SSSR count). The highest BCUT2D eigenvalue weighted by Gasteiger charge is 2.24. The molecule has 0 aliphatic carbocycles. The van der Waals surface area contributed by atoms with Crippen LogP contribution in [0.5, 0.6) is 0 Å². The third-order valence-corrected chi connectivity index (χ3v) is 4.93. The van der Waals surface area contributed by atoms with Crippen molar-refractivity contribution < 1.29 is 19.1 Å². The summed E-state index contributed by atoms with van der Waals surface area (Å²) in [7, 11) is 0. The number of nitrogens with zero attached hydrogens (tertiary/aromatic N) is 3. The highest BCUT2D eigenvalue weighted by molar-refractivity contribution is 5.37. The van der Waals surface area contributed by atoms with E-state index in [0.717, 1.165) is 58.5 Å². The van der Waals surface area contributed by atoms with E-state index < -0.39 is 0 Å². The van der Waals surface area contributed by atoms with Gasteiger partial charge in [-0.3, -0.25) is 19.4 Å². The molecule has 1 fully saturated rings. The molecular formula is C18H35N3O4. The molecule has 7 heteroatoms. The van der Waals surface area contributed by atoms with E-state index in [0.29, 0.717) is 38.4 Å². The molecule has 25 heavy (non-hydrogen) atoms. The molecule has 1 saturated heterocycles. The fourth-order valence-electron chi connectivity index (χ4n) is 3.52. The zero-order valence-electron chi connectivity index (χ0n) is 16.1. The Hall–Kier alpha value is -1.18. The first-order chi connectivity index (χ1) is 12.1. The van der Waals surface area contributed by atoms with Crippen LogP contribution in [0.4, 0.5) is 0 Å². The average Bonchev–Trinajstić information content (AvgIpc) is 2.59. The summed E-state index contributed by atoms with van der Waals surface area (Å²) in [5.74, 6) is 0.453. The van der Waals surface area contributed by atoms with Crippen molar-refractivity contribution in [2.75, 3.05) is 52.7 Å². The van der Waals surface area contributed by atoms with Gasteiger partial charge in [0.2, 0.25) is 0 Å². The first kappa shape index (κ1) is 21.9. The molecule has 1 heterocycles. The summed E-state index contributed by atoms with van der Waals surface area (Å²) < 4.78 is 10.1. The lowest BCUT2D eigenvalue weighted by Gasteiger charge is -2.36. The van der Waals surface area contributed by atoms with Gasteiger partial charge < -0.3 is 14.4 Å². The summed E-state index contributed by atoms with van der Waals surface area (Å²) in [4.78, 5) is 28.1. The third-order valence-electron chi connectivity index (χ3n) is 4.93. The molecule has 0 bridgehead atoms. The monoisotopic (exact) mass is 357 g/mol. The van der Waals surface area contributed by atoms with Crippen molar-refractivity contribution in [2.24, 2.45) is 5.92 Å². The van der Waals surface area contributed by atoms with E-state index in [1.165, 1.54) is 0 Å². The maximum absolute atomic E-state index is 10.7. The molecule has 0 aromatic rings. The van der Waals surface area contributed by atoms with Gasteiger partial charge in [0, 0.05) is 25.7 Å². The van der Waals surface area contributed by atoms with Gasteiger partial charge in [-0.05, 0) is 44.8 Å². The Bertz CT molecular complexity index is 368. The molecule has 1 unspecified atom stereocenters. The minimum atomic E-state index is 0.327. The quantitative estimate of drug-likeness (QED) is 0.608. The lowest BCUT2D eigenvalue weighted by molar-refractivity contribution is -0.135. The summed E-state index contributed by atoms with van der Waals surface area (Å²) in [5.41, 5.74) is 0. The largest absolute Gasteiger partial charge is 0.452 e. The summed E-state index contributed by atoms with van der Waals surface area (Å²) in [6, 6.07) is 0.327. The van der Waals surface area contributed by atoms with Crippen molar-refractivity contribution in [3.8, 4) is 0 Å². The van der Waals surface area contributed by atoms with Crippen molar-refractivity contribution in [1.82, 2.24) is 14.7 Å². The van der Waals surface area contributed by atoms with E-state index in [-0.39, 0.29) is 0 Å². The molecule has 146 valence electrons. The van der Waals surface area contributed by atoms with Crippen molar-refractivity contribution in [3.05, 3.63) is 0 Å². The molecule has 0 N–H and O–H groups in total. The van der Waals surface area contributed by atoms with Gasteiger partial charge in [-0.15, -0.1) is 0 Å². The van der Waals surface area contributed by atoms with Crippen LogP contribution in [0.15, 0.2) is 0 Å². The van der Waals surface area contributed by atoms with E-state index in [2.05, 4.69) is 35.5 Å². The second-order valence-electron chi connectivity index (χ2n) is 6.96. The molecule has 1 aliphatic rings. The second kappa shape index (κ2) is 13.1. The Morgan fingerprint density at radius 3 is 2.12 bits per heavy atom. The van der Waals surface area contributed by atoms with Gasteiger partial charge in [-0.25, -0.2) is 0 Å². The van der Waals surface area contributed by atoms with Crippen LogP contribution in [0.25, 0.3) is 0 Å². The minimum Gasteiger partial charge on any atom is -0.452 e. The molecule has 0 saturated carbocycles. The van der Waals surface area contributed by atoms with Crippen LogP contribution in [0, 0.1) is 5.92 Å². The van der Waals surface area contributed by atoms with Crippen LogP contribution in [-0.4, -0.2) is 86.4 Å². The topological polar surface area (TPSA) is 62.3 Å². The lowest BCUT2D eigenvalue weighted by atomic mass is 9.98. The molecule has 1 atom stereocenters. The summed E-state index contributed by atoms with van der Waals surface area (Å²) in [6.45, 7) is 14.1. The number of rotatable bonds is 8. The second-order valence-corrected chi connectivity index (χ2v) is 6.96. The maximum Gasteiger partial charge on any atom is 0.294 e. The fraction of sp³-hybridized carbons (Fsp3) is 0.889. The summed E-state index contributed by atoms with van der Waals surface area (Å²) in [6.07, 6.45) is 3.09. The smallest absolute Gasteiger partial charge is 0.294 e. The van der Waals surface area contributed by atoms with Gasteiger partial charge in [0.05, 0.1) is 0 Å². The normalized spacial score (nSPS) is 22.8. The summed E-state index contributed by atoms with van der Waals surface area (Å²) >= 11 is 0. The Labute approximate surface area is 152 Å². The van der Waals surface area contributed by atoms with Crippen LogP contribution in [0.3, 0.4) is 0 Å². The van der Waals surface area contributed by atoms with Crippen LogP contribution in [0.2, 0.25) is 0 Å². The number of hydrogen-bond donors (Lipinski definition) is 0. The highest BCUT2D eigenvalue weighted by atomic mass is 16.5. The van der Waals surface area contributed by atoms with Gasteiger partial charge in [0.25, 0.3) is 12.9 Å². The number of carbonyl (C=O) groups is 2. The van der Waals surface area contributed by atoms with Crippen molar-refractivity contribution in [1.29, 1.82) is 0 Å². The van der Waals surface area contributed by atoms with Gasteiger partial charge in [0.15, 0.2) is 0 Å². The molecule has 0 amide bonds. The standard InChI is InChI=1S/C18H35N3O4/c1-4-19-8-5-10-20(13-24-15-22)12-7-18(17(2)3)21(11-6-9-19)14-25-16-23/h15-18H,4-14H2,1-3H3. The van der Waals surface area contributed by atoms with Crippen molar-refractivity contribution >= 4 is 12.9 Å². The number of ether oxygens (including phenoxy) is 2. The van der Waals surface area contributed by atoms with E-state index >= 15 is 0 Å². The predicted molar refractivity (Wildman–Crippen MR) is 96.9 cm³/mol. The molecule has 1 aliphatic heterocycles. The molecule has 7 nitrogen and oxygen atoms in total. The number of carbonyl (C=O) groups excluding carboxylic acids is 2. The van der Waals surface area contributed by atoms with E-state index in [9.17, 15) is 9.59 Å². The Morgan fingerprint density at radius 1 is 0.920 bits per heavy atom. The first-order valence-electron chi connectivity index (χ1n) is 9.41. The van der Waals surface area contributed by atoms with Crippen LogP contribution in [-0.2, 0) is 19.1 Å². The van der Waals surface area contributed by atoms with Crippen LogP contribution in [0.1, 0.15) is 40.0 Å². The van der Waals surface area contributed by atoms with Gasteiger partial charge in [-0.1, -0.05) is 20.8 Å². The first-order valence-corrected chi connectivity index (χ1v) is 9.41. The van der Waals surface area contributed by atoms with Crippen LogP contribution >= 0.6 is 0 Å². The van der Waals surface area contributed by atoms with Crippen LogP contribution < -0.4 is 0 Å². The molecule has 0 aromatic carbocycles. The Morgan fingerprint density at radius 2 is 1.52 bits per heavy atom. The van der Waals surface area contributed by atoms with Crippen molar-refractivity contribution in [3.63, 3.8) is 0 Å². The molecule has 0 spiro atoms. The van der Waals surface area contributed by atoms with Crippen molar-refractivity contribution in [2.45, 2.75) is 46.1 Å².